The Labute approximate surface area is 86.7 Å². The fraction of sp³-hybridized carbons (Fsp3) is 0.750. The quantitative estimate of drug-likeness (QED) is 0.636. The smallest absolute Gasteiger partial charge is 0.307 e. The van der Waals surface area contributed by atoms with Crippen LogP contribution < -0.4 is 0 Å². The molecule has 0 bridgehead atoms. The van der Waals surface area contributed by atoms with Crippen molar-refractivity contribution in [2.24, 2.45) is 11.8 Å². The highest BCUT2D eigenvalue weighted by atomic mass is 16.4. The minimum atomic E-state index is -0.757. The van der Waals surface area contributed by atoms with Gasteiger partial charge in [0.2, 0.25) is 0 Å². The number of carbonyl (C=O) groups is 1. The highest BCUT2D eigenvalue weighted by molar-refractivity contribution is 5.70. The Morgan fingerprint density at radius 2 is 2.14 bits per heavy atom. The Hall–Kier alpha value is -0.970. The van der Waals surface area contributed by atoms with E-state index in [0.717, 1.165) is 19.3 Å². The maximum atomic E-state index is 10.7. The van der Waals surface area contributed by atoms with E-state index in [1.54, 1.807) is 0 Å². The van der Waals surface area contributed by atoms with Gasteiger partial charge in [0.05, 0.1) is 5.92 Å². The van der Waals surface area contributed by atoms with E-state index >= 15 is 0 Å². The molecule has 2 heteroatoms. The lowest BCUT2D eigenvalue weighted by atomic mass is 9.94. The van der Waals surface area contributed by atoms with Crippen LogP contribution >= 0.6 is 0 Å². The van der Waals surface area contributed by atoms with Crippen molar-refractivity contribution in [3.8, 4) is 12.3 Å². The predicted molar refractivity (Wildman–Crippen MR) is 57.9 cm³/mol. The molecule has 2 nitrogen and oxygen atoms in total. The second kappa shape index (κ2) is 7.44. The van der Waals surface area contributed by atoms with Gasteiger partial charge in [0, 0.05) is 6.42 Å². The van der Waals surface area contributed by atoms with E-state index in [4.69, 9.17) is 11.5 Å². The summed E-state index contributed by atoms with van der Waals surface area (Å²) >= 11 is 0. The summed E-state index contributed by atoms with van der Waals surface area (Å²) in [6, 6.07) is 0. The second-order valence-electron chi connectivity index (χ2n) is 3.89. The number of carboxylic acids is 1. The van der Waals surface area contributed by atoms with Gasteiger partial charge >= 0.3 is 5.97 Å². The fourth-order valence-corrected chi connectivity index (χ4v) is 1.37. The first-order valence-electron chi connectivity index (χ1n) is 5.28. The number of carboxylic acid groups (broad SMARTS) is 1. The van der Waals surface area contributed by atoms with E-state index in [1.165, 1.54) is 0 Å². The largest absolute Gasteiger partial charge is 0.481 e. The molecule has 0 aliphatic rings. The minimum Gasteiger partial charge on any atom is -0.481 e. The molecule has 0 rings (SSSR count). The van der Waals surface area contributed by atoms with Crippen LogP contribution in [0.4, 0.5) is 0 Å². The van der Waals surface area contributed by atoms with Crippen molar-refractivity contribution in [1.29, 1.82) is 0 Å². The molecule has 14 heavy (non-hydrogen) atoms. The summed E-state index contributed by atoms with van der Waals surface area (Å²) < 4.78 is 0. The normalized spacial score (nSPS) is 14.4. The maximum Gasteiger partial charge on any atom is 0.307 e. The Morgan fingerprint density at radius 3 is 2.57 bits per heavy atom. The second-order valence-corrected chi connectivity index (χ2v) is 3.89. The number of hydrogen-bond donors (Lipinski definition) is 1. The van der Waals surface area contributed by atoms with E-state index in [-0.39, 0.29) is 5.92 Å². The van der Waals surface area contributed by atoms with Gasteiger partial charge in [-0.2, -0.15) is 0 Å². The SMILES string of the molecule is C#CCC(CCCC(C)CC)C(=O)O. The highest BCUT2D eigenvalue weighted by Gasteiger charge is 2.15. The minimum absolute atomic E-state index is 0.343. The first-order valence-corrected chi connectivity index (χ1v) is 5.28. The zero-order chi connectivity index (χ0) is 11.0. The molecule has 0 saturated heterocycles. The van der Waals surface area contributed by atoms with Gasteiger partial charge in [-0.25, -0.2) is 0 Å². The first kappa shape index (κ1) is 13.0. The van der Waals surface area contributed by atoms with Gasteiger partial charge < -0.3 is 5.11 Å². The number of aliphatic carboxylic acids is 1. The average molecular weight is 196 g/mol. The van der Waals surface area contributed by atoms with Crippen molar-refractivity contribution in [3.63, 3.8) is 0 Å². The molecule has 2 unspecified atom stereocenters. The van der Waals surface area contributed by atoms with Crippen molar-refractivity contribution < 1.29 is 9.90 Å². The molecule has 0 aliphatic carbocycles. The van der Waals surface area contributed by atoms with E-state index in [1.807, 2.05) is 0 Å². The van der Waals surface area contributed by atoms with Gasteiger partial charge in [-0.3, -0.25) is 4.79 Å². The van der Waals surface area contributed by atoms with Gasteiger partial charge in [0.15, 0.2) is 0 Å². The maximum absolute atomic E-state index is 10.7. The lowest BCUT2D eigenvalue weighted by Gasteiger charge is -2.11. The zero-order valence-corrected chi connectivity index (χ0v) is 9.12. The molecule has 0 aromatic carbocycles. The topological polar surface area (TPSA) is 37.3 Å². The summed E-state index contributed by atoms with van der Waals surface area (Å²) in [5.74, 6) is 2.01. The summed E-state index contributed by atoms with van der Waals surface area (Å²) in [4.78, 5) is 10.7. The standard InChI is InChI=1S/C12H20O2/c1-4-7-11(12(13)14)9-6-8-10(3)5-2/h1,10-11H,5-9H2,2-3H3,(H,13,14). The van der Waals surface area contributed by atoms with E-state index < -0.39 is 5.97 Å². The van der Waals surface area contributed by atoms with Crippen molar-refractivity contribution in [1.82, 2.24) is 0 Å². The molecule has 0 saturated carbocycles. The Morgan fingerprint density at radius 1 is 1.50 bits per heavy atom. The summed E-state index contributed by atoms with van der Waals surface area (Å²) in [7, 11) is 0. The third-order valence-electron chi connectivity index (χ3n) is 2.66. The molecule has 0 fully saturated rings. The lowest BCUT2D eigenvalue weighted by molar-refractivity contribution is -0.141. The van der Waals surface area contributed by atoms with Crippen LogP contribution in [0.2, 0.25) is 0 Å². The molecule has 2 atom stereocenters. The summed E-state index contributed by atoms with van der Waals surface area (Å²) in [5.41, 5.74) is 0. The Bertz CT molecular complexity index is 203. The molecule has 0 amide bonds. The van der Waals surface area contributed by atoms with Crippen molar-refractivity contribution in [2.45, 2.75) is 46.0 Å². The Kier molecular flexibility index (Phi) is 6.92. The van der Waals surface area contributed by atoms with Gasteiger partial charge in [-0.1, -0.05) is 33.1 Å². The third-order valence-corrected chi connectivity index (χ3v) is 2.66. The monoisotopic (exact) mass is 196 g/mol. The number of terminal acetylenes is 1. The van der Waals surface area contributed by atoms with Crippen molar-refractivity contribution in [2.75, 3.05) is 0 Å². The fourth-order valence-electron chi connectivity index (χ4n) is 1.37. The van der Waals surface area contributed by atoms with Gasteiger partial charge in [-0.05, 0) is 12.3 Å². The predicted octanol–water partition coefficient (Wildman–Crippen LogP) is 2.93. The van der Waals surface area contributed by atoms with Gasteiger partial charge in [0.1, 0.15) is 0 Å². The lowest BCUT2D eigenvalue weighted by Crippen LogP contribution is -2.13. The van der Waals surface area contributed by atoms with Crippen LogP contribution in [-0.2, 0) is 4.79 Å². The zero-order valence-electron chi connectivity index (χ0n) is 9.12. The molecular formula is C12H20O2. The van der Waals surface area contributed by atoms with Crippen LogP contribution in [0, 0.1) is 24.2 Å². The van der Waals surface area contributed by atoms with Crippen LogP contribution in [0.15, 0.2) is 0 Å². The molecule has 80 valence electrons. The Balaban J connectivity index is 3.73. The third kappa shape index (κ3) is 5.64. The molecule has 0 aromatic heterocycles. The molecular weight excluding hydrogens is 176 g/mol. The van der Waals surface area contributed by atoms with Crippen LogP contribution in [0.5, 0.6) is 0 Å². The number of rotatable bonds is 7. The molecule has 0 heterocycles. The number of hydrogen-bond acceptors (Lipinski definition) is 1. The molecule has 0 radical (unpaired) electrons. The van der Waals surface area contributed by atoms with Crippen LogP contribution in [0.25, 0.3) is 0 Å². The van der Waals surface area contributed by atoms with E-state index in [0.29, 0.717) is 18.8 Å². The summed E-state index contributed by atoms with van der Waals surface area (Å²) in [5, 5.41) is 8.83. The average Bonchev–Trinajstić information content (AvgIpc) is 2.16. The van der Waals surface area contributed by atoms with Gasteiger partial charge in [-0.15, -0.1) is 12.3 Å². The first-order chi connectivity index (χ1) is 6.61. The van der Waals surface area contributed by atoms with Crippen molar-refractivity contribution in [3.05, 3.63) is 0 Å². The van der Waals surface area contributed by atoms with Crippen LogP contribution in [0.3, 0.4) is 0 Å². The molecule has 0 aromatic rings. The van der Waals surface area contributed by atoms with Gasteiger partial charge in [0.25, 0.3) is 0 Å². The summed E-state index contributed by atoms with van der Waals surface area (Å²) in [6.45, 7) is 4.34. The molecule has 1 N–H and O–H groups in total. The molecule has 0 spiro atoms. The van der Waals surface area contributed by atoms with Crippen LogP contribution in [0.1, 0.15) is 46.0 Å². The summed E-state index contributed by atoms with van der Waals surface area (Å²) in [6.07, 6.45) is 9.41. The van der Waals surface area contributed by atoms with Crippen molar-refractivity contribution >= 4 is 5.97 Å². The van der Waals surface area contributed by atoms with E-state index in [2.05, 4.69) is 19.8 Å². The molecule has 0 aliphatic heterocycles. The highest BCUT2D eigenvalue weighted by Crippen LogP contribution is 2.17. The van der Waals surface area contributed by atoms with Crippen LogP contribution in [-0.4, -0.2) is 11.1 Å². The van der Waals surface area contributed by atoms with E-state index in [9.17, 15) is 4.79 Å².